The van der Waals surface area contributed by atoms with Gasteiger partial charge in [-0.2, -0.15) is 0 Å². The van der Waals surface area contributed by atoms with Gasteiger partial charge in [-0.25, -0.2) is 8.42 Å². The van der Waals surface area contributed by atoms with Gasteiger partial charge in [0.25, 0.3) is 0 Å². The van der Waals surface area contributed by atoms with E-state index in [1.807, 2.05) is 20.8 Å². The number of carbonyl (C=O) groups is 1. The summed E-state index contributed by atoms with van der Waals surface area (Å²) in [4.78, 5) is 12.0. The van der Waals surface area contributed by atoms with Crippen LogP contribution in [0.5, 0.6) is 0 Å². The van der Waals surface area contributed by atoms with Gasteiger partial charge in [-0.3, -0.25) is 4.79 Å². The second-order valence-electron chi connectivity index (χ2n) is 5.42. The smallest absolute Gasteiger partial charge is 0.324 e. The van der Waals surface area contributed by atoms with Crippen LogP contribution in [0, 0.1) is 0 Å². The maximum atomic E-state index is 12.6. The summed E-state index contributed by atoms with van der Waals surface area (Å²) < 4.78 is 29.9. The Morgan fingerprint density at radius 3 is 2.19 bits per heavy atom. The average Bonchev–Trinajstić information content (AvgIpc) is 2.47. The molecule has 1 unspecified atom stereocenters. The SMILES string of the molecule is CCCCC(C(=O)OC)S(=O)(=O)c1ccc(C(C)C)cc1. The number of hydrogen-bond acceptors (Lipinski definition) is 4. The van der Waals surface area contributed by atoms with Crippen molar-refractivity contribution in [2.45, 2.75) is 56.1 Å². The van der Waals surface area contributed by atoms with E-state index in [-0.39, 0.29) is 11.3 Å². The molecule has 21 heavy (non-hydrogen) atoms. The molecule has 1 rings (SSSR count). The van der Waals surface area contributed by atoms with Crippen molar-refractivity contribution < 1.29 is 17.9 Å². The van der Waals surface area contributed by atoms with E-state index in [4.69, 9.17) is 0 Å². The highest BCUT2D eigenvalue weighted by atomic mass is 32.2. The second kappa shape index (κ2) is 7.59. The molecule has 118 valence electrons. The summed E-state index contributed by atoms with van der Waals surface area (Å²) in [5, 5.41) is -1.12. The first-order valence-electron chi connectivity index (χ1n) is 7.26. The topological polar surface area (TPSA) is 60.4 Å². The molecule has 5 heteroatoms. The Labute approximate surface area is 127 Å². The Balaban J connectivity index is 3.12. The van der Waals surface area contributed by atoms with E-state index in [2.05, 4.69) is 4.74 Å². The number of hydrogen-bond donors (Lipinski definition) is 0. The first-order chi connectivity index (χ1) is 9.84. The molecule has 1 aromatic rings. The molecule has 0 fully saturated rings. The molecule has 0 bridgehead atoms. The number of sulfone groups is 1. The fraction of sp³-hybridized carbons (Fsp3) is 0.562. The molecule has 0 saturated carbocycles. The lowest BCUT2D eigenvalue weighted by Gasteiger charge is -2.16. The zero-order valence-corrected chi connectivity index (χ0v) is 13.9. The van der Waals surface area contributed by atoms with Crippen LogP contribution in [-0.2, 0) is 19.4 Å². The van der Waals surface area contributed by atoms with Crippen LogP contribution in [0.2, 0.25) is 0 Å². The van der Waals surface area contributed by atoms with Gasteiger partial charge in [0, 0.05) is 0 Å². The minimum Gasteiger partial charge on any atom is -0.468 e. The molecule has 0 aliphatic rings. The summed E-state index contributed by atoms with van der Waals surface area (Å²) in [7, 11) is -2.48. The third kappa shape index (κ3) is 4.30. The Morgan fingerprint density at radius 1 is 1.19 bits per heavy atom. The van der Waals surface area contributed by atoms with Crippen LogP contribution in [-0.4, -0.2) is 26.7 Å². The lowest BCUT2D eigenvalue weighted by molar-refractivity contribution is -0.140. The van der Waals surface area contributed by atoms with Gasteiger partial charge in [-0.1, -0.05) is 45.7 Å². The summed E-state index contributed by atoms with van der Waals surface area (Å²) >= 11 is 0. The van der Waals surface area contributed by atoms with Gasteiger partial charge in [0.1, 0.15) is 0 Å². The third-order valence-electron chi connectivity index (χ3n) is 3.53. The predicted octanol–water partition coefficient (Wildman–Crippen LogP) is 3.32. The van der Waals surface area contributed by atoms with Crippen LogP contribution < -0.4 is 0 Å². The van der Waals surface area contributed by atoms with Crippen LogP contribution in [0.4, 0.5) is 0 Å². The van der Waals surface area contributed by atoms with Gasteiger partial charge in [0.15, 0.2) is 15.1 Å². The molecular weight excluding hydrogens is 288 g/mol. The van der Waals surface area contributed by atoms with Crippen molar-refractivity contribution in [2.75, 3.05) is 7.11 Å². The van der Waals surface area contributed by atoms with Crippen molar-refractivity contribution in [3.8, 4) is 0 Å². The first-order valence-corrected chi connectivity index (χ1v) is 8.80. The highest BCUT2D eigenvalue weighted by Crippen LogP contribution is 2.23. The summed E-state index contributed by atoms with van der Waals surface area (Å²) in [6.07, 6.45) is 1.79. The molecule has 0 spiro atoms. The van der Waals surface area contributed by atoms with Gasteiger partial charge in [0.05, 0.1) is 12.0 Å². The van der Waals surface area contributed by atoms with E-state index in [0.29, 0.717) is 12.3 Å². The van der Waals surface area contributed by atoms with Gasteiger partial charge in [-0.15, -0.1) is 0 Å². The van der Waals surface area contributed by atoms with Crippen molar-refractivity contribution in [3.63, 3.8) is 0 Å². The number of benzene rings is 1. The van der Waals surface area contributed by atoms with Crippen LogP contribution in [0.1, 0.15) is 51.5 Å². The quantitative estimate of drug-likeness (QED) is 0.725. The number of unbranched alkanes of at least 4 members (excludes halogenated alkanes) is 1. The zero-order chi connectivity index (χ0) is 16.0. The number of esters is 1. The maximum Gasteiger partial charge on any atom is 0.324 e. The number of ether oxygens (including phenoxy) is 1. The van der Waals surface area contributed by atoms with Crippen LogP contribution in [0.25, 0.3) is 0 Å². The minimum absolute atomic E-state index is 0.179. The Bertz CT molecular complexity index is 558. The molecular formula is C16H24O4S. The molecule has 4 nitrogen and oxygen atoms in total. The normalized spacial score (nSPS) is 13.2. The highest BCUT2D eigenvalue weighted by Gasteiger charge is 2.34. The van der Waals surface area contributed by atoms with E-state index < -0.39 is 21.1 Å². The fourth-order valence-corrected chi connectivity index (χ4v) is 3.80. The van der Waals surface area contributed by atoms with Crippen molar-refractivity contribution in [1.29, 1.82) is 0 Å². The van der Waals surface area contributed by atoms with Crippen molar-refractivity contribution in [2.24, 2.45) is 0 Å². The summed E-state index contributed by atoms with van der Waals surface area (Å²) in [6, 6.07) is 6.75. The lowest BCUT2D eigenvalue weighted by atomic mass is 10.0. The zero-order valence-electron chi connectivity index (χ0n) is 13.1. The van der Waals surface area contributed by atoms with Gasteiger partial charge in [-0.05, 0) is 30.0 Å². The molecule has 0 amide bonds. The van der Waals surface area contributed by atoms with Gasteiger partial charge < -0.3 is 4.74 Å². The molecule has 0 saturated heterocycles. The predicted molar refractivity (Wildman–Crippen MR) is 83.0 cm³/mol. The van der Waals surface area contributed by atoms with Crippen LogP contribution >= 0.6 is 0 Å². The number of rotatable bonds is 7. The largest absolute Gasteiger partial charge is 0.468 e. The van der Waals surface area contributed by atoms with Crippen molar-refractivity contribution in [3.05, 3.63) is 29.8 Å². The van der Waals surface area contributed by atoms with E-state index in [1.54, 1.807) is 24.3 Å². The number of methoxy groups -OCH3 is 1. The molecule has 0 aromatic heterocycles. The van der Waals surface area contributed by atoms with Gasteiger partial charge in [0.2, 0.25) is 0 Å². The molecule has 0 radical (unpaired) electrons. The lowest BCUT2D eigenvalue weighted by Crippen LogP contribution is -2.31. The standard InChI is InChI=1S/C16H24O4S/c1-5-6-7-15(16(17)20-4)21(18,19)14-10-8-13(9-11-14)12(2)3/h8-12,15H,5-7H2,1-4H3. The molecule has 1 atom stereocenters. The number of carbonyl (C=O) groups excluding carboxylic acids is 1. The van der Waals surface area contributed by atoms with Crippen molar-refractivity contribution >= 4 is 15.8 Å². The van der Waals surface area contributed by atoms with Crippen molar-refractivity contribution in [1.82, 2.24) is 0 Å². The Kier molecular flexibility index (Phi) is 6.40. The monoisotopic (exact) mass is 312 g/mol. The van der Waals surface area contributed by atoms with E-state index in [1.165, 1.54) is 7.11 Å². The highest BCUT2D eigenvalue weighted by molar-refractivity contribution is 7.92. The minimum atomic E-state index is -3.70. The van der Waals surface area contributed by atoms with Gasteiger partial charge >= 0.3 is 5.97 Å². The summed E-state index contributed by atoms with van der Waals surface area (Å²) in [6.45, 7) is 6.04. The average molecular weight is 312 g/mol. The Hall–Kier alpha value is -1.36. The Morgan fingerprint density at radius 2 is 1.76 bits per heavy atom. The molecule has 0 aliphatic carbocycles. The molecule has 0 heterocycles. The summed E-state index contributed by atoms with van der Waals surface area (Å²) in [5.74, 6) is -0.352. The third-order valence-corrected chi connectivity index (χ3v) is 5.64. The second-order valence-corrected chi connectivity index (χ2v) is 7.55. The van der Waals surface area contributed by atoms with E-state index in [9.17, 15) is 13.2 Å². The summed E-state index contributed by atoms with van der Waals surface area (Å²) in [5.41, 5.74) is 1.07. The van der Waals surface area contributed by atoms with E-state index in [0.717, 1.165) is 12.0 Å². The molecule has 1 aromatic carbocycles. The van der Waals surface area contributed by atoms with Crippen LogP contribution in [0.15, 0.2) is 29.2 Å². The first kappa shape index (κ1) is 17.7. The maximum absolute atomic E-state index is 12.6. The molecule has 0 aliphatic heterocycles. The van der Waals surface area contributed by atoms with E-state index >= 15 is 0 Å². The van der Waals surface area contributed by atoms with Crippen LogP contribution in [0.3, 0.4) is 0 Å². The molecule has 0 N–H and O–H groups in total. The fourth-order valence-electron chi connectivity index (χ4n) is 2.13.